The summed E-state index contributed by atoms with van der Waals surface area (Å²) in [6.07, 6.45) is 1.62. The smallest absolute Gasteiger partial charge is 0.249 e. The van der Waals surface area contributed by atoms with Gasteiger partial charge in [0.1, 0.15) is 0 Å². The predicted octanol–water partition coefficient (Wildman–Crippen LogP) is -0.396. The molecular formula is C7H10N3O2+. The maximum absolute atomic E-state index is 8.33. The Bertz CT molecular complexity index is 281. The van der Waals surface area contributed by atoms with E-state index in [4.69, 9.17) is 15.7 Å². The SMILES string of the molecule is COc1ccc(C(N)=NO)[nH+]c1. The molecule has 5 nitrogen and oxygen atoms in total. The number of hydrogen-bond donors (Lipinski definition) is 2. The van der Waals surface area contributed by atoms with Gasteiger partial charge in [0.2, 0.25) is 17.7 Å². The van der Waals surface area contributed by atoms with E-state index in [2.05, 4.69) is 10.1 Å². The van der Waals surface area contributed by atoms with E-state index in [1.807, 2.05) is 0 Å². The first-order chi connectivity index (χ1) is 5.77. The van der Waals surface area contributed by atoms with E-state index in [0.29, 0.717) is 11.4 Å². The number of hydrogen-bond acceptors (Lipinski definition) is 3. The van der Waals surface area contributed by atoms with E-state index in [0.717, 1.165) is 0 Å². The van der Waals surface area contributed by atoms with Gasteiger partial charge in [0.25, 0.3) is 0 Å². The summed E-state index contributed by atoms with van der Waals surface area (Å²) in [6.45, 7) is 0. The van der Waals surface area contributed by atoms with Crippen molar-refractivity contribution in [1.29, 1.82) is 0 Å². The molecular weight excluding hydrogens is 158 g/mol. The Labute approximate surface area is 69.5 Å². The van der Waals surface area contributed by atoms with Gasteiger partial charge in [-0.15, -0.1) is 0 Å². The molecule has 0 atom stereocenters. The minimum Gasteiger partial charge on any atom is -0.491 e. The first-order valence-electron chi connectivity index (χ1n) is 3.31. The van der Waals surface area contributed by atoms with Crippen LogP contribution in [-0.2, 0) is 0 Å². The van der Waals surface area contributed by atoms with Gasteiger partial charge in [-0.1, -0.05) is 5.16 Å². The minimum atomic E-state index is 0.0395. The zero-order chi connectivity index (χ0) is 8.97. The average Bonchev–Trinajstić information content (AvgIpc) is 2.17. The highest BCUT2D eigenvalue weighted by Gasteiger charge is 2.06. The summed E-state index contributed by atoms with van der Waals surface area (Å²) in [5.41, 5.74) is 5.85. The molecule has 0 aliphatic heterocycles. The van der Waals surface area contributed by atoms with Crippen molar-refractivity contribution >= 4 is 5.84 Å². The fourth-order valence-corrected chi connectivity index (χ4v) is 0.751. The van der Waals surface area contributed by atoms with Crippen LogP contribution < -0.4 is 15.5 Å². The van der Waals surface area contributed by atoms with Crippen molar-refractivity contribution in [1.82, 2.24) is 0 Å². The van der Waals surface area contributed by atoms with E-state index < -0.39 is 0 Å². The van der Waals surface area contributed by atoms with Crippen LogP contribution in [0.4, 0.5) is 0 Å². The lowest BCUT2D eigenvalue weighted by Crippen LogP contribution is -2.23. The van der Waals surface area contributed by atoms with Crippen LogP contribution in [0.5, 0.6) is 5.75 Å². The molecule has 0 amide bonds. The zero-order valence-corrected chi connectivity index (χ0v) is 6.61. The summed E-state index contributed by atoms with van der Waals surface area (Å²) in [6, 6.07) is 3.37. The van der Waals surface area contributed by atoms with Crippen LogP contribution in [0.2, 0.25) is 0 Å². The summed E-state index contributed by atoms with van der Waals surface area (Å²) >= 11 is 0. The molecule has 0 aromatic carbocycles. The molecule has 12 heavy (non-hydrogen) atoms. The Morgan fingerprint density at radius 2 is 2.42 bits per heavy atom. The van der Waals surface area contributed by atoms with Crippen LogP contribution in [0.25, 0.3) is 0 Å². The standard InChI is InChI=1S/C7H9N3O2/c1-12-5-2-3-6(9-4-5)7(8)10-11/h2-4,11H,1H3,(H2,8,10)/p+1. The van der Waals surface area contributed by atoms with Gasteiger partial charge in [0.15, 0.2) is 5.75 Å². The van der Waals surface area contributed by atoms with Gasteiger partial charge < -0.3 is 15.7 Å². The second-order valence-corrected chi connectivity index (χ2v) is 2.13. The molecule has 0 aliphatic rings. The van der Waals surface area contributed by atoms with E-state index in [1.165, 1.54) is 0 Å². The molecule has 0 unspecified atom stereocenters. The molecule has 5 heteroatoms. The number of pyridine rings is 1. The Balaban J connectivity index is 2.92. The van der Waals surface area contributed by atoms with Crippen molar-refractivity contribution in [3.63, 3.8) is 0 Å². The third-order valence-corrected chi connectivity index (χ3v) is 1.40. The highest BCUT2D eigenvalue weighted by molar-refractivity contribution is 5.93. The highest BCUT2D eigenvalue weighted by Crippen LogP contribution is 2.04. The Hall–Kier alpha value is -1.78. The summed E-state index contributed by atoms with van der Waals surface area (Å²) in [5, 5.41) is 11.2. The number of nitrogens with one attached hydrogen (secondary N) is 1. The molecule has 0 aliphatic carbocycles. The van der Waals surface area contributed by atoms with Crippen LogP contribution in [0.15, 0.2) is 23.5 Å². The molecule has 4 N–H and O–H groups in total. The van der Waals surface area contributed by atoms with E-state index >= 15 is 0 Å². The van der Waals surface area contributed by atoms with Crippen LogP contribution >= 0.6 is 0 Å². The van der Waals surface area contributed by atoms with Crippen LogP contribution in [0, 0.1) is 0 Å². The fraction of sp³-hybridized carbons (Fsp3) is 0.143. The van der Waals surface area contributed by atoms with Crippen molar-refractivity contribution in [2.45, 2.75) is 0 Å². The van der Waals surface area contributed by atoms with Gasteiger partial charge in [0.05, 0.1) is 7.11 Å². The number of oxime groups is 1. The van der Waals surface area contributed by atoms with Gasteiger partial charge in [0, 0.05) is 6.07 Å². The lowest BCUT2D eigenvalue weighted by molar-refractivity contribution is -0.381. The Morgan fingerprint density at radius 1 is 1.67 bits per heavy atom. The maximum Gasteiger partial charge on any atom is 0.249 e. The average molecular weight is 168 g/mol. The highest BCUT2D eigenvalue weighted by atomic mass is 16.5. The summed E-state index contributed by atoms with van der Waals surface area (Å²) in [7, 11) is 1.56. The predicted molar refractivity (Wildman–Crippen MR) is 42.1 cm³/mol. The molecule has 1 aromatic heterocycles. The van der Waals surface area contributed by atoms with Crippen molar-refractivity contribution in [3.05, 3.63) is 24.0 Å². The molecule has 0 saturated heterocycles. The van der Waals surface area contributed by atoms with Gasteiger partial charge >= 0.3 is 0 Å². The van der Waals surface area contributed by atoms with E-state index in [9.17, 15) is 0 Å². The number of aromatic amines is 1. The molecule has 1 heterocycles. The van der Waals surface area contributed by atoms with Crippen molar-refractivity contribution in [2.75, 3.05) is 7.11 Å². The molecule has 0 radical (unpaired) electrons. The van der Waals surface area contributed by atoms with Gasteiger partial charge in [-0.05, 0) is 6.07 Å². The number of H-pyrrole nitrogens is 1. The monoisotopic (exact) mass is 168 g/mol. The molecule has 1 rings (SSSR count). The van der Waals surface area contributed by atoms with E-state index in [1.54, 1.807) is 25.4 Å². The molecule has 64 valence electrons. The summed E-state index contributed by atoms with van der Waals surface area (Å²) < 4.78 is 4.91. The second-order valence-electron chi connectivity index (χ2n) is 2.13. The van der Waals surface area contributed by atoms with Crippen LogP contribution in [-0.4, -0.2) is 18.2 Å². The molecule has 0 bridgehead atoms. The lowest BCUT2D eigenvalue weighted by Gasteiger charge is -1.94. The van der Waals surface area contributed by atoms with Crippen LogP contribution in [0.3, 0.4) is 0 Å². The second kappa shape index (κ2) is 3.56. The first-order valence-corrected chi connectivity index (χ1v) is 3.31. The largest absolute Gasteiger partial charge is 0.491 e. The molecule has 0 saturated carbocycles. The topological polar surface area (TPSA) is 82.0 Å². The number of rotatable bonds is 2. The Kier molecular flexibility index (Phi) is 2.47. The Morgan fingerprint density at radius 3 is 2.83 bits per heavy atom. The third kappa shape index (κ3) is 1.63. The normalized spacial score (nSPS) is 11.2. The zero-order valence-electron chi connectivity index (χ0n) is 6.61. The summed E-state index contributed by atoms with van der Waals surface area (Å²) in [5.74, 6) is 0.724. The number of amidine groups is 1. The fourth-order valence-electron chi connectivity index (χ4n) is 0.751. The first kappa shape index (κ1) is 8.32. The minimum absolute atomic E-state index is 0.0395. The lowest BCUT2D eigenvalue weighted by atomic mass is 10.3. The molecule has 1 aromatic rings. The maximum atomic E-state index is 8.33. The third-order valence-electron chi connectivity index (χ3n) is 1.40. The van der Waals surface area contributed by atoms with E-state index in [-0.39, 0.29) is 5.84 Å². The van der Waals surface area contributed by atoms with Crippen molar-refractivity contribution in [2.24, 2.45) is 10.9 Å². The van der Waals surface area contributed by atoms with Crippen molar-refractivity contribution < 1.29 is 14.9 Å². The van der Waals surface area contributed by atoms with Crippen LogP contribution in [0.1, 0.15) is 5.69 Å². The van der Waals surface area contributed by atoms with Gasteiger partial charge in [-0.2, -0.15) is 0 Å². The van der Waals surface area contributed by atoms with Crippen molar-refractivity contribution in [3.8, 4) is 5.75 Å². The quantitative estimate of drug-likeness (QED) is 0.273. The molecule has 0 spiro atoms. The van der Waals surface area contributed by atoms with Gasteiger partial charge in [-0.25, -0.2) is 4.98 Å². The number of nitrogens with two attached hydrogens (primary N) is 1. The number of methoxy groups -OCH3 is 1. The molecule has 0 fully saturated rings. The number of nitrogens with zero attached hydrogens (tertiary/aromatic N) is 1. The number of ether oxygens (including phenoxy) is 1. The van der Waals surface area contributed by atoms with Gasteiger partial charge in [-0.3, -0.25) is 0 Å². The summed E-state index contributed by atoms with van der Waals surface area (Å²) in [4.78, 5) is 2.80. The number of aromatic nitrogens is 1.